The van der Waals surface area contributed by atoms with E-state index >= 15 is 0 Å². The van der Waals surface area contributed by atoms with Gasteiger partial charge in [0.05, 0.1) is 32.4 Å². The predicted molar refractivity (Wildman–Crippen MR) is 148 cm³/mol. The van der Waals surface area contributed by atoms with Crippen LogP contribution in [0.25, 0.3) is 5.76 Å². The zero-order valence-electron chi connectivity index (χ0n) is 23.2. The molecule has 0 saturated carbocycles. The van der Waals surface area contributed by atoms with Gasteiger partial charge in [-0.05, 0) is 61.5 Å². The molecule has 8 heteroatoms. The summed E-state index contributed by atoms with van der Waals surface area (Å²) in [5.41, 5.74) is 1.15. The Morgan fingerprint density at radius 3 is 2.24 bits per heavy atom. The van der Waals surface area contributed by atoms with Gasteiger partial charge in [0.15, 0.2) is 11.5 Å². The Morgan fingerprint density at radius 2 is 1.63 bits per heavy atom. The number of benzene rings is 2. The second-order valence-electron chi connectivity index (χ2n) is 9.21. The van der Waals surface area contributed by atoms with Crippen molar-refractivity contribution >= 4 is 17.4 Å². The molecule has 1 aliphatic rings. The van der Waals surface area contributed by atoms with Gasteiger partial charge in [0.2, 0.25) is 0 Å². The van der Waals surface area contributed by atoms with Crippen LogP contribution in [0.3, 0.4) is 0 Å². The van der Waals surface area contributed by atoms with E-state index in [1.54, 1.807) is 54.5 Å². The number of nitrogens with zero attached hydrogens (tertiary/aromatic N) is 2. The minimum absolute atomic E-state index is 0.0541. The van der Waals surface area contributed by atoms with Crippen LogP contribution in [0.2, 0.25) is 0 Å². The van der Waals surface area contributed by atoms with Crippen LogP contribution < -0.4 is 14.2 Å². The van der Waals surface area contributed by atoms with Crippen molar-refractivity contribution in [2.45, 2.75) is 46.1 Å². The molecule has 0 spiro atoms. The van der Waals surface area contributed by atoms with Crippen LogP contribution in [0, 0.1) is 0 Å². The largest absolute Gasteiger partial charge is 0.507 e. The van der Waals surface area contributed by atoms with E-state index in [1.807, 2.05) is 0 Å². The first-order valence-corrected chi connectivity index (χ1v) is 13.4. The van der Waals surface area contributed by atoms with E-state index in [4.69, 9.17) is 14.2 Å². The van der Waals surface area contributed by atoms with Gasteiger partial charge in [0.1, 0.15) is 11.5 Å². The molecule has 1 heterocycles. The van der Waals surface area contributed by atoms with Crippen LogP contribution in [-0.4, -0.2) is 73.6 Å². The van der Waals surface area contributed by atoms with Crippen molar-refractivity contribution in [2.75, 3.05) is 47.0 Å². The number of Topliss-reactive ketones (excluding diaryl/α,β-unsaturated/α-hetero) is 1. The van der Waals surface area contributed by atoms with Crippen molar-refractivity contribution < 1.29 is 28.9 Å². The van der Waals surface area contributed by atoms with Crippen molar-refractivity contribution in [3.8, 4) is 17.2 Å². The molecule has 206 valence electrons. The lowest BCUT2D eigenvalue weighted by Crippen LogP contribution is -2.38. The van der Waals surface area contributed by atoms with Crippen molar-refractivity contribution in [3.63, 3.8) is 0 Å². The molecule has 0 aromatic heterocycles. The van der Waals surface area contributed by atoms with Crippen molar-refractivity contribution in [1.82, 2.24) is 9.80 Å². The number of ketones is 1. The lowest BCUT2D eigenvalue weighted by Gasteiger charge is -2.28. The summed E-state index contributed by atoms with van der Waals surface area (Å²) in [4.78, 5) is 30.3. The molecule has 1 unspecified atom stereocenters. The zero-order valence-corrected chi connectivity index (χ0v) is 23.2. The van der Waals surface area contributed by atoms with Crippen LogP contribution in [0.4, 0.5) is 0 Å². The van der Waals surface area contributed by atoms with Gasteiger partial charge in [0.25, 0.3) is 11.7 Å². The molecule has 1 N–H and O–H groups in total. The summed E-state index contributed by atoms with van der Waals surface area (Å²) < 4.78 is 16.6. The molecule has 1 aliphatic heterocycles. The predicted octanol–water partition coefficient (Wildman–Crippen LogP) is 5.04. The highest BCUT2D eigenvalue weighted by Gasteiger charge is 2.46. The number of likely N-dealkylation sites (tertiary alicyclic amines) is 1. The van der Waals surface area contributed by atoms with Gasteiger partial charge in [-0.3, -0.25) is 9.59 Å². The summed E-state index contributed by atoms with van der Waals surface area (Å²) in [6.45, 7) is 9.47. The number of methoxy groups -OCH3 is 2. The first kappa shape index (κ1) is 29.0. The summed E-state index contributed by atoms with van der Waals surface area (Å²) in [5.74, 6) is 0.144. The fourth-order valence-corrected chi connectivity index (χ4v) is 4.68. The number of hydrogen-bond acceptors (Lipinski definition) is 7. The minimum Gasteiger partial charge on any atom is -0.507 e. The number of likely N-dealkylation sites (N-methyl/N-ethyl adjacent to an activating group) is 1. The smallest absolute Gasteiger partial charge is 0.295 e. The molecule has 1 saturated heterocycles. The Balaban J connectivity index is 2.02. The molecule has 3 rings (SSSR count). The van der Waals surface area contributed by atoms with Crippen LogP contribution in [-0.2, 0) is 9.59 Å². The van der Waals surface area contributed by atoms with E-state index in [9.17, 15) is 14.7 Å². The van der Waals surface area contributed by atoms with E-state index in [0.717, 1.165) is 32.4 Å². The molecule has 1 amide bonds. The SMILES string of the molecule is CCCCCOc1ccc(/C(O)=C2/C(=O)C(=O)N(CCN(CC)CC)C2c2ccc(OC)c(OC)c2)cc1. The van der Waals surface area contributed by atoms with Crippen LogP contribution in [0.5, 0.6) is 17.2 Å². The maximum absolute atomic E-state index is 13.3. The number of hydrogen-bond donors (Lipinski definition) is 1. The zero-order chi connectivity index (χ0) is 27.7. The number of aliphatic hydroxyl groups excluding tert-OH is 1. The highest BCUT2D eigenvalue weighted by atomic mass is 16.5. The standard InChI is InChI=1S/C30H40N2O6/c1-6-9-10-19-38-23-14-11-21(12-15-23)28(33)26-27(22-13-16-24(36-4)25(20-22)37-5)32(30(35)29(26)34)18-17-31(7-2)8-3/h11-16,20,27,33H,6-10,17-19H2,1-5H3/b28-26-. The normalized spacial score (nSPS) is 16.8. The van der Waals surface area contributed by atoms with Gasteiger partial charge in [-0.2, -0.15) is 0 Å². The quantitative estimate of drug-likeness (QED) is 0.160. The molecular formula is C30H40N2O6. The fraction of sp³-hybridized carbons (Fsp3) is 0.467. The van der Waals surface area contributed by atoms with Gasteiger partial charge in [0, 0.05) is 18.7 Å². The van der Waals surface area contributed by atoms with E-state index in [1.165, 1.54) is 7.11 Å². The second kappa shape index (κ2) is 13.9. The molecule has 8 nitrogen and oxygen atoms in total. The topological polar surface area (TPSA) is 88.5 Å². The third-order valence-corrected chi connectivity index (χ3v) is 6.96. The van der Waals surface area contributed by atoms with Crippen molar-refractivity contribution in [2.24, 2.45) is 0 Å². The Morgan fingerprint density at radius 1 is 0.947 bits per heavy atom. The number of amides is 1. The van der Waals surface area contributed by atoms with E-state index in [-0.39, 0.29) is 11.3 Å². The third-order valence-electron chi connectivity index (χ3n) is 6.96. The maximum atomic E-state index is 13.3. The van der Waals surface area contributed by atoms with Crippen LogP contribution in [0.15, 0.2) is 48.0 Å². The summed E-state index contributed by atoms with van der Waals surface area (Å²) in [5, 5.41) is 11.4. The molecule has 1 fully saturated rings. The first-order chi connectivity index (χ1) is 18.4. The third kappa shape index (κ3) is 6.48. The van der Waals surface area contributed by atoms with Gasteiger partial charge < -0.3 is 29.1 Å². The van der Waals surface area contributed by atoms with Crippen LogP contribution >= 0.6 is 0 Å². The van der Waals surface area contributed by atoms with Gasteiger partial charge in [-0.15, -0.1) is 0 Å². The molecule has 2 aromatic carbocycles. The average Bonchev–Trinajstić information content (AvgIpc) is 3.20. The number of aliphatic hydroxyl groups is 1. The molecule has 0 aliphatic carbocycles. The van der Waals surface area contributed by atoms with Crippen molar-refractivity contribution in [3.05, 3.63) is 59.2 Å². The Kier molecular flexibility index (Phi) is 10.6. The molecule has 0 radical (unpaired) electrons. The summed E-state index contributed by atoms with van der Waals surface area (Å²) in [7, 11) is 3.08. The molecule has 38 heavy (non-hydrogen) atoms. The number of carbonyl (C=O) groups is 2. The average molecular weight is 525 g/mol. The van der Waals surface area contributed by atoms with Crippen LogP contribution in [0.1, 0.15) is 57.2 Å². The lowest BCUT2D eigenvalue weighted by atomic mass is 9.95. The molecule has 1 atom stereocenters. The minimum atomic E-state index is -0.768. The lowest BCUT2D eigenvalue weighted by molar-refractivity contribution is -0.140. The maximum Gasteiger partial charge on any atom is 0.295 e. The Hall–Kier alpha value is -3.52. The van der Waals surface area contributed by atoms with Gasteiger partial charge in [-0.25, -0.2) is 0 Å². The molecule has 0 bridgehead atoms. The summed E-state index contributed by atoms with van der Waals surface area (Å²) in [6.07, 6.45) is 3.19. The number of carbonyl (C=O) groups excluding carboxylic acids is 2. The summed E-state index contributed by atoms with van der Waals surface area (Å²) >= 11 is 0. The molecular weight excluding hydrogens is 484 g/mol. The number of ether oxygens (including phenoxy) is 3. The van der Waals surface area contributed by atoms with Gasteiger partial charge in [-0.1, -0.05) is 39.7 Å². The Labute approximate surface area is 225 Å². The second-order valence-corrected chi connectivity index (χ2v) is 9.21. The highest BCUT2D eigenvalue weighted by molar-refractivity contribution is 6.46. The van der Waals surface area contributed by atoms with E-state index < -0.39 is 17.7 Å². The van der Waals surface area contributed by atoms with E-state index in [2.05, 4.69) is 25.7 Å². The van der Waals surface area contributed by atoms with Gasteiger partial charge >= 0.3 is 0 Å². The molecule has 2 aromatic rings. The summed E-state index contributed by atoms with van der Waals surface area (Å²) in [6, 6.07) is 11.5. The van der Waals surface area contributed by atoms with Crippen molar-refractivity contribution in [1.29, 1.82) is 0 Å². The number of unbranched alkanes of at least 4 members (excludes halogenated alkanes) is 2. The first-order valence-electron chi connectivity index (χ1n) is 13.4. The van der Waals surface area contributed by atoms with E-state index in [0.29, 0.717) is 48.1 Å². The highest BCUT2D eigenvalue weighted by Crippen LogP contribution is 2.42. The number of rotatable bonds is 14. The Bertz CT molecular complexity index is 1120. The fourth-order valence-electron chi connectivity index (χ4n) is 4.68. The monoisotopic (exact) mass is 524 g/mol.